The predicted octanol–water partition coefficient (Wildman–Crippen LogP) is 6.29. The van der Waals surface area contributed by atoms with E-state index in [9.17, 15) is 26.3 Å². The van der Waals surface area contributed by atoms with E-state index in [2.05, 4.69) is 64.0 Å². The molecule has 0 amide bonds. The molecule has 1 fully saturated rings. The first-order valence-electron chi connectivity index (χ1n) is 13.4. The predicted molar refractivity (Wildman–Crippen MR) is 152 cm³/mol. The summed E-state index contributed by atoms with van der Waals surface area (Å²) in [7, 11) is 3.77. The number of rotatable bonds is 5. The molecule has 0 bridgehead atoms. The van der Waals surface area contributed by atoms with Gasteiger partial charge in [0.25, 0.3) is 0 Å². The molecule has 45 heavy (non-hydrogen) atoms. The van der Waals surface area contributed by atoms with E-state index < -0.39 is 24.3 Å². The minimum atomic E-state index is -5.08. The van der Waals surface area contributed by atoms with Gasteiger partial charge in [-0.15, -0.1) is 0 Å². The third kappa shape index (κ3) is 9.93. The number of carboxylic acid groups (broad SMARTS) is 2. The number of fused-ring (bicyclic) bond motifs is 1. The van der Waals surface area contributed by atoms with Crippen LogP contribution in [0, 0.1) is 0 Å². The fourth-order valence-corrected chi connectivity index (χ4v) is 4.53. The zero-order valence-corrected chi connectivity index (χ0v) is 24.1. The van der Waals surface area contributed by atoms with Gasteiger partial charge in [-0.2, -0.15) is 26.3 Å². The van der Waals surface area contributed by atoms with Gasteiger partial charge in [-0.25, -0.2) is 14.6 Å². The number of aryl methyl sites for hydroxylation is 1. The molecular weight excluding hydrogens is 610 g/mol. The number of methoxy groups -OCH3 is 1. The van der Waals surface area contributed by atoms with Crippen molar-refractivity contribution >= 4 is 23.0 Å². The second kappa shape index (κ2) is 14.9. The molecule has 4 aromatic rings. The number of hydrogen-bond donors (Lipinski definition) is 2. The van der Waals surface area contributed by atoms with Crippen LogP contribution in [0.5, 0.6) is 5.75 Å². The van der Waals surface area contributed by atoms with Crippen molar-refractivity contribution in [1.29, 1.82) is 0 Å². The van der Waals surface area contributed by atoms with Crippen LogP contribution in [0.1, 0.15) is 30.0 Å². The average Bonchev–Trinajstić information content (AvgIpc) is 3.38. The Labute approximate surface area is 253 Å². The lowest BCUT2D eigenvalue weighted by atomic mass is 9.92. The van der Waals surface area contributed by atoms with Crippen LogP contribution in [0.15, 0.2) is 67.0 Å². The largest absolute Gasteiger partial charge is 0.497 e. The summed E-state index contributed by atoms with van der Waals surface area (Å²) in [5.74, 6) is -4.12. The molecule has 0 aliphatic carbocycles. The first-order valence-corrected chi connectivity index (χ1v) is 13.4. The molecule has 5 rings (SSSR count). The van der Waals surface area contributed by atoms with Crippen molar-refractivity contribution in [2.75, 3.05) is 20.2 Å². The van der Waals surface area contributed by atoms with E-state index in [4.69, 9.17) is 29.5 Å². The summed E-state index contributed by atoms with van der Waals surface area (Å²) in [6, 6.07) is 21.1. The highest BCUT2D eigenvalue weighted by molar-refractivity contribution is 5.90. The highest BCUT2D eigenvalue weighted by atomic mass is 19.4. The summed E-state index contributed by atoms with van der Waals surface area (Å²) >= 11 is 0. The third-order valence-electron chi connectivity index (χ3n) is 6.84. The van der Waals surface area contributed by atoms with Gasteiger partial charge in [-0.1, -0.05) is 42.5 Å². The number of nitrogens with zero attached hydrogens (tertiary/aromatic N) is 4. The summed E-state index contributed by atoms with van der Waals surface area (Å²) in [6.45, 7) is 3.16. The molecule has 2 aromatic heterocycles. The van der Waals surface area contributed by atoms with Crippen molar-refractivity contribution in [2.45, 2.75) is 37.7 Å². The second-order valence-electron chi connectivity index (χ2n) is 9.99. The van der Waals surface area contributed by atoms with Crippen LogP contribution in [-0.2, 0) is 23.2 Å². The summed E-state index contributed by atoms with van der Waals surface area (Å²) in [5.41, 5.74) is 6.79. The smallest absolute Gasteiger partial charge is 0.490 e. The van der Waals surface area contributed by atoms with Crippen molar-refractivity contribution < 1.29 is 50.9 Å². The van der Waals surface area contributed by atoms with Crippen molar-refractivity contribution in [2.24, 2.45) is 7.05 Å². The number of alkyl halides is 6. The second-order valence-corrected chi connectivity index (χ2v) is 9.99. The Bertz CT molecular complexity index is 1540. The number of imidazole rings is 1. The fourth-order valence-electron chi connectivity index (χ4n) is 4.53. The van der Waals surface area contributed by atoms with Gasteiger partial charge in [0, 0.05) is 30.8 Å². The third-order valence-corrected chi connectivity index (χ3v) is 6.84. The number of piperidine rings is 1. The van der Waals surface area contributed by atoms with Gasteiger partial charge >= 0.3 is 24.3 Å². The molecule has 0 spiro atoms. The molecule has 2 N–H and O–H groups in total. The first kappa shape index (κ1) is 34.8. The topological polar surface area (TPSA) is 118 Å². The molecule has 3 heterocycles. The van der Waals surface area contributed by atoms with Gasteiger partial charge in [0.05, 0.1) is 24.6 Å². The number of carbonyl (C=O) groups is 2. The van der Waals surface area contributed by atoms with Crippen molar-refractivity contribution in [1.82, 2.24) is 19.4 Å². The Morgan fingerprint density at radius 1 is 0.911 bits per heavy atom. The first-order chi connectivity index (χ1) is 21.1. The Morgan fingerprint density at radius 2 is 1.44 bits per heavy atom. The Balaban J connectivity index is 0.000000331. The van der Waals surface area contributed by atoms with Gasteiger partial charge < -0.3 is 19.5 Å². The van der Waals surface area contributed by atoms with Crippen molar-refractivity contribution in [3.8, 4) is 17.0 Å². The molecule has 1 aliphatic heterocycles. The summed E-state index contributed by atoms with van der Waals surface area (Å²) in [6.07, 6.45) is -6.03. The van der Waals surface area contributed by atoms with Crippen LogP contribution in [0.4, 0.5) is 26.3 Å². The number of pyridine rings is 1. The molecule has 1 saturated heterocycles. The number of aliphatic carboxylic acids is 2. The Morgan fingerprint density at radius 3 is 1.93 bits per heavy atom. The van der Waals surface area contributed by atoms with Crippen molar-refractivity contribution in [3.05, 3.63) is 78.2 Å². The zero-order chi connectivity index (χ0) is 33.4. The number of halogens is 6. The van der Waals surface area contributed by atoms with Crippen LogP contribution < -0.4 is 4.74 Å². The van der Waals surface area contributed by atoms with E-state index in [-0.39, 0.29) is 0 Å². The van der Waals surface area contributed by atoms with Gasteiger partial charge in [0.15, 0.2) is 0 Å². The number of hydrogen-bond acceptors (Lipinski definition) is 6. The Hall–Kier alpha value is -4.66. The number of carboxylic acids is 2. The maximum atomic E-state index is 10.6. The molecule has 1 aliphatic rings. The SMILES string of the molecule is COc1ccc(CN2CCC(c3cc4c(ncn4C)c(-c4ccccc4)n3)CC2)cc1.O=C(O)C(F)(F)F.O=C(O)C(F)(F)F. The van der Waals surface area contributed by atoms with Crippen LogP contribution in [0.2, 0.25) is 0 Å². The Kier molecular flexibility index (Phi) is 11.5. The molecule has 0 unspecified atom stereocenters. The monoisotopic (exact) mass is 640 g/mol. The maximum Gasteiger partial charge on any atom is 0.490 e. The molecule has 0 radical (unpaired) electrons. The fraction of sp³-hybridized carbons (Fsp3) is 0.333. The quantitative estimate of drug-likeness (QED) is 0.245. The minimum Gasteiger partial charge on any atom is -0.497 e. The van der Waals surface area contributed by atoms with E-state index in [1.54, 1.807) is 7.11 Å². The van der Waals surface area contributed by atoms with Crippen LogP contribution >= 0.6 is 0 Å². The van der Waals surface area contributed by atoms with Crippen LogP contribution in [0.3, 0.4) is 0 Å². The highest BCUT2D eigenvalue weighted by Crippen LogP contribution is 2.33. The van der Waals surface area contributed by atoms with E-state index >= 15 is 0 Å². The van der Waals surface area contributed by atoms with E-state index in [0.717, 1.165) is 60.5 Å². The minimum absolute atomic E-state index is 0.480. The lowest BCUT2D eigenvalue weighted by Crippen LogP contribution is -2.32. The molecule has 9 nitrogen and oxygen atoms in total. The van der Waals surface area contributed by atoms with Crippen molar-refractivity contribution in [3.63, 3.8) is 0 Å². The molecule has 0 atom stereocenters. The summed E-state index contributed by atoms with van der Waals surface area (Å²) in [5, 5.41) is 14.2. The normalized spacial score (nSPS) is 14.1. The molecule has 15 heteroatoms. The average molecular weight is 641 g/mol. The van der Waals surface area contributed by atoms with E-state index in [1.807, 2.05) is 24.5 Å². The lowest BCUT2D eigenvalue weighted by molar-refractivity contribution is -0.193. The number of ether oxygens (including phenoxy) is 1. The molecule has 242 valence electrons. The van der Waals surface area contributed by atoms with Gasteiger partial charge in [-0.05, 0) is 49.7 Å². The van der Waals surface area contributed by atoms with E-state index in [0.29, 0.717) is 5.92 Å². The van der Waals surface area contributed by atoms with Gasteiger partial charge in [-0.3, -0.25) is 9.88 Å². The summed E-state index contributed by atoms with van der Waals surface area (Å²) < 4.78 is 70.8. The van der Waals surface area contributed by atoms with Crippen LogP contribution in [0.25, 0.3) is 22.3 Å². The van der Waals surface area contributed by atoms with Gasteiger partial charge in [0.1, 0.15) is 11.3 Å². The summed E-state index contributed by atoms with van der Waals surface area (Å²) in [4.78, 5) is 30.1. The zero-order valence-electron chi connectivity index (χ0n) is 24.1. The number of likely N-dealkylation sites (tertiary alicyclic amines) is 1. The highest BCUT2D eigenvalue weighted by Gasteiger charge is 2.38. The number of aromatic nitrogens is 3. The van der Waals surface area contributed by atoms with E-state index in [1.165, 1.54) is 11.3 Å². The van der Waals surface area contributed by atoms with Crippen LogP contribution in [-0.4, -0.2) is 74.1 Å². The standard InChI is InChI=1S/C26H28N4O.2C2HF3O2/c1-29-18-27-26-24(29)16-23(28-25(26)21-6-4-3-5-7-21)20-12-14-30(15-13-20)17-19-8-10-22(31-2)11-9-19;2*3-2(4,5)1(6)7/h3-11,16,18,20H,12-15,17H2,1-2H3;2*(H,6,7). The maximum absolute atomic E-state index is 10.6. The molecule has 2 aromatic carbocycles. The van der Waals surface area contributed by atoms with Gasteiger partial charge in [0.2, 0.25) is 0 Å². The lowest BCUT2D eigenvalue weighted by Gasteiger charge is -2.32. The molecule has 0 saturated carbocycles. The number of benzene rings is 2. The molecular formula is C30H30F6N4O5.